The number of hydrogen-bond donors (Lipinski definition) is 1. The fourth-order valence-electron chi connectivity index (χ4n) is 3.54. The zero-order valence-electron chi connectivity index (χ0n) is 12.1. The van der Waals surface area contributed by atoms with Crippen molar-refractivity contribution in [3.05, 3.63) is 18.2 Å². The Labute approximate surface area is 120 Å². The van der Waals surface area contributed by atoms with E-state index in [0.29, 0.717) is 18.6 Å². The summed E-state index contributed by atoms with van der Waals surface area (Å²) in [6.07, 6.45) is 9.45. The summed E-state index contributed by atoms with van der Waals surface area (Å²) in [6.45, 7) is 5.40. The van der Waals surface area contributed by atoms with Crippen LogP contribution in [0.3, 0.4) is 0 Å². The van der Waals surface area contributed by atoms with Gasteiger partial charge in [-0.2, -0.15) is 0 Å². The van der Waals surface area contributed by atoms with Gasteiger partial charge >= 0.3 is 0 Å². The minimum atomic E-state index is 0.347. The molecule has 110 valence electrons. The standard InChI is InChI=1S/C15H25N5/c16-9-14(15-10-17-11-20(15)13-3-4-13)19-7-5-18(6-8-19)12-1-2-12/h10-14H,1-9,16H2. The normalized spacial score (nSPS) is 26.9. The molecule has 3 aliphatic rings. The maximum absolute atomic E-state index is 6.09. The second-order valence-corrected chi connectivity index (χ2v) is 6.51. The summed E-state index contributed by atoms with van der Waals surface area (Å²) < 4.78 is 2.37. The zero-order valence-corrected chi connectivity index (χ0v) is 12.1. The lowest BCUT2D eigenvalue weighted by atomic mass is 10.1. The van der Waals surface area contributed by atoms with E-state index in [2.05, 4.69) is 19.4 Å². The number of piperazine rings is 1. The molecule has 4 rings (SSSR count). The molecule has 1 aliphatic heterocycles. The molecule has 2 saturated carbocycles. The quantitative estimate of drug-likeness (QED) is 0.871. The Balaban J connectivity index is 1.46. The Kier molecular flexibility index (Phi) is 3.28. The Morgan fingerprint density at radius 1 is 1.10 bits per heavy atom. The third-order valence-corrected chi connectivity index (χ3v) is 5.05. The molecule has 0 spiro atoms. The number of nitrogens with two attached hydrogens (primary N) is 1. The van der Waals surface area contributed by atoms with Crippen molar-refractivity contribution in [2.75, 3.05) is 32.7 Å². The fraction of sp³-hybridized carbons (Fsp3) is 0.800. The highest BCUT2D eigenvalue weighted by Crippen LogP contribution is 2.38. The first-order valence-corrected chi connectivity index (χ1v) is 8.06. The molecule has 5 heteroatoms. The van der Waals surface area contributed by atoms with Crippen LogP contribution >= 0.6 is 0 Å². The second kappa shape index (κ2) is 5.13. The van der Waals surface area contributed by atoms with E-state index >= 15 is 0 Å². The largest absolute Gasteiger partial charge is 0.330 e. The van der Waals surface area contributed by atoms with E-state index in [1.165, 1.54) is 44.5 Å². The molecule has 1 unspecified atom stereocenters. The fourth-order valence-corrected chi connectivity index (χ4v) is 3.54. The van der Waals surface area contributed by atoms with Crippen LogP contribution in [0.25, 0.3) is 0 Å². The summed E-state index contributed by atoms with van der Waals surface area (Å²) in [5, 5.41) is 0. The van der Waals surface area contributed by atoms with Gasteiger partial charge in [-0.05, 0) is 25.7 Å². The van der Waals surface area contributed by atoms with Crippen molar-refractivity contribution >= 4 is 0 Å². The summed E-state index contributed by atoms with van der Waals surface area (Å²) in [5.41, 5.74) is 7.42. The number of rotatable bonds is 5. The second-order valence-electron chi connectivity index (χ2n) is 6.51. The maximum Gasteiger partial charge on any atom is 0.0951 e. The van der Waals surface area contributed by atoms with E-state index < -0.39 is 0 Å². The molecule has 5 nitrogen and oxygen atoms in total. The van der Waals surface area contributed by atoms with Crippen LogP contribution in [-0.2, 0) is 0 Å². The van der Waals surface area contributed by atoms with Crippen LogP contribution in [0.4, 0.5) is 0 Å². The topological polar surface area (TPSA) is 50.3 Å². The maximum atomic E-state index is 6.09. The van der Waals surface area contributed by atoms with Crippen LogP contribution in [0.2, 0.25) is 0 Å². The average molecular weight is 275 g/mol. The summed E-state index contributed by atoms with van der Waals surface area (Å²) >= 11 is 0. The number of imidazole rings is 1. The highest BCUT2D eigenvalue weighted by molar-refractivity contribution is 5.10. The van der Waals surface area contributed by atoms with Gasteiger partial charge in [0, 0.05) is 51.0 Å². The van der Waals surface area contributed by atoms with Crippen molar-refractivity contribution in [1.82, 2.24) is 19.4 Å². The average Bonchev–Trinajstić information content (AvgIpc) is 3.40. The van der Waals surface area contributed by atoms with E-state index in [1.807, 2.05) is 12.5 Å². The number of hydrogen-bond acceptors (Lipinski definition) is 4. The molecule has 1 aromatic rings. The van der Waals surface area contributed by atoms with Gasteiger partial charge in [0.1, 0.15) is 0 Å². The Bertz CT molecular complexity index is 455. The lowest BCUT2D eigenvalue weighted by Gasteiger charge is -2.39. The molecular weight excluding hydrogens is 250 g/mol. The third kappa shape index (κ3) is 2.38. The molecule has 1 atom stereocenters. The van der Waals surface area contributed by atoms with Crippen molar-refractivity contribution in [2.24, 2.45) is 5.73 Å². The first kappa shape index (κ1) is 12.8. The monoisotopic (exact) mass is 275 g/mol. The van der Waals surface area contributed by atoms with Crippen molar-refractivity contribution in [3.8, 4) is 0 Å². The smallest absolute Gasteiger partial charge is 0.0951 e. The lowest BCUT2D eigenvalue weighted by Crippen LogP contribution is -2.49. The predicted octanol–water partition coefficient (Wildman–Crippen LogP) is 0.998. The Morgan fingerprint density at radius 3 is 2.40 bits per heavy atom. The van der Waals surface area contributed by atoms with Crippen LogP contribution in [0, 0.1) is 0 Å². The summed E-state index contributed by atoms with van der Waals surface area (Å²) in [5.74, 6) is 0. The molecular formula is C15H25N5. The first-order chi connectivity index (χ1) is 9.86. The molecule has 1 saturated heterocycles. The highest BCUT2D eigenvalue weighted by Gasteiger charge is 2.34. The minimum absolute atomic E-state index is 0.347. The summed E-state index contributed by atoms with van der Waals surface area (Å²) in [4.78, 5) is 9.59. The van der Waals surface area contributed by atoms with Gasteiger partial charge in [-0.3, -0.25) is 9.80 Å². The summed E-state index contributed by atoms with van der Waals surface area (Å²) in [7, 11) is 0. The van der Waals surface area contributed by atoms with Crippen molar-refractivity contribution in [1.29, 1.82) is 0 Å². The van der Waals surface area contributed by atoms with Gasteiger partial charge in [0.05, 0.1) is 18.1 Å². The van der Waals surface area contributed by atoms with Crippen molar-refractivity contribution < 1.29 is 0 Å². The molecule has 1 aromatic heterocycles. The van der Waals surface area contributed by atoms with E-state index in [4.69, 9.17) is 5.73 Å². The molecule has 2 heterocycles. The SMILES string of the molecule is NCC(c1cncn1C1CC1)N1CCN(C2CC2)CC1. The predicted molar refractivity (Wildman–Crippen MR) is 78.5 cm³/mol. The first-order valence-electron chi connectivity index (χ1n) is 8.06. The zero-order chi connectivity index (χ0) is 13.5. The van der Waals surface area contributed by atoms with E-state index in [0.717, 1.165) is 19.1 Å². The van der Waals surface area contributed by atoms with Crippen LogP contribution < -0.4 is 5.73 Å². The van der Waals surface area contributed by atoms with Gasteiger partial charge in [-0.1, -0.05) is 0 Å². The Morgan fingerprint density at radius 2 is 1.80 bits per heavy atom. The molecule has 20 heavy (non-hydrogen) atoms. The highest BCUT2D eigenvalue weighted by atomic mass is 15.3. The van der Waals surface area contributed by atoms with E-state index in [1.54, 1.807) is 0 Å². The molecule has 2 N–H and O–H groups in total. The number of nitrogens with zero attached hydrogens (tertiary/aromatic N) is 4. The molecule has 0 amide bonds. The van der Waals surface area contributed by atoms with E-state index in [-0.39, 0.29) is 0 Å². The molecule has 2 aliphatic carbocycles. The van der Waals surface area contributed by atoms with Gasteiger partial charge in [0.2, 0.25) is 0 Å². The van der Waals surface area contributed by atoms with Gasteiger partial charge < -0.3 is 10.3 Å². The van der Waals surface area contributed by atoms with Crippen LogP contribution in [-0.4, -0.2) is 58.1 Å². The van der Waals surface area contributed by atoms with Gasteiger partial charge in [0.25, 0.3) is 0 Å². The molecule has 0 radical (unpaired) electrons. The van der Waals surface area contributed by atoms with Gasteiger partial charge in [-0.25, -0.2) is 4.98 Å². The minimum Gasteiger partial charge on any atom is -0.330 e. The van der Waals surface area contributed by atoms with Crippen LogP contribution in [0.5, 0.6) is 0 Å². The van der Waals surface area contributed by atoms with E-state index in [9.17, 15) is 0 Å². The van der Waals surface area contributed by atoms with Crippen molar-refractivity contribution in [2.45, 2.75) is 43.8 Å². The van der Waals surface area contributed by atoms with Crippen molar-refractivity contribution in [3.63, 3.8) is 0 Å². The van der Waals surface area contributed by atoms with Gasteiger partial charge in [-0.15, -0.1) is 0 Å². The Hall–Kier alpha value is -0.910. The summed E-state index contributed by atoms with van der Waals surface area (Å²) in [6, 6.07) is 1.93. The molecule has 0 bridgehead atoms. The van der Waals surface area contributed by atoms with Crippen LogP contribution in [0.15, 0.2) is 12.5 Å². The molecule has 3 fully saturated rings. The van der Waals surface area contributed by atoms with Gasteiger partial charge in [0.15, 0.2) is 0 Å². The molecule has 0 aromatic carbocycles. The van der Waals surface area contributed by atoms with Crippen LogP contribution in [0.1, 0.15) is 43.5 Å². The lowest BCUT2D eigenvalue weighted by molar-refractivity contribution is 0.0909. The third-order valence-electron chi connectivity index (χ3n) is 5.05. The number of aromatic nitrogens is 2.